The molecule has 5 heteroatoms. The van der Waals surface area contributed by atoms with Gasteiger partial charge in [0.1, 0.15) is 0 Å². The molecule has 0 aliphatic rings. The summed E-state index contributed by atoms with van der Waals surface area (Å²) in [5, 5.41) is 11.9. The van der Waals surface area contributed by atoms with Crippen molar-refractivity contribution in [2.24, 2.45) is 0 Å². The standard InChI is InChI=1S/C54H33N5/c1-2-12-37-29-40(26-21-34(37)11-1)52-53(59-28-27-55-33-51(59)58-52)35-22-24-36(25-23-35)54-56-49(47-30-38-13-3-5-15-41(38)43-17-7-9-19-45(43)47)32-50(57-54)48-31-39-14-4-6-16-42(39)44-18-8-10-20-46(44)48/h1-33H. The fourth-order valence-electron chi connectivity index (χ4n) is 8.88. The number of imidazole rings is 1. The predicted molar refractivity (Wildman–Crippen MR) is 243 cm³/mol. The van der Waals surface area contributed by atoms with Crippen LogP contribution < -0.4 is 0 Å². The normalized spacial score (nSPS) is 11.7. The third-order valence-corrected chi connectivity index (χ3v) is 11.7. The molecule has 0 aliphatic heterocycles. The highest BCUT2D eigenvalue weighted by Gasteiger charge is 2.19. The number of hydrogen-bond donors (Lipinski definition) is 0. The Kier molecular flexibility index (Phi) is 7.47. The predicted octanol–water partition coefficient (Wildman–Crippen LogP) is 13.6. The van der Waals surface area contributed by atoms with Gasteiger partial charge in [-0.25, -0.2) is 15.0 Å². The van der Waals surface area contributed by atoms with Crippen LogP contribution in [0.3, 0.4) is 0 Å². The van der Waals surface area contributed by atoms with E-state index in [1.54, 1.807) is 0 Å². The van der Waals surface area contributed by atoms with Crippen LogP contribution >= 0.6 is 0 Å². The molecule has 3 aromatic heterocycles. The number of benzene rings is 9. The van der Waals surface area contributed by atoms with Crippen LogP contribution in [0.4, 0.5) is 0 Å². The van der Waals surface area contributed by atoms with Gasteiger partial charge in [0.2, 0.25) is 0 Å². The van der Waals surface area contributed by atoms with E-state index in [1.165, 1.54) is 43.1 Å². The van der Waals surface area contributed by atoms with Crippen LogP contribution in [0, 0.1) is 0 Å². The van der Waals surface area contributed by atoms with Crippen LogP contribution in [0.25, 0.3) is 116 Å². The Morgan fingerprint density at radius 2 is 0.881 bits per heavy atom. The molecule has 0 saturated heterocycles. The Hall–Kier alpha value is -8.02. The Morgan fingerprint density at radius 1 is 0.373 bits per heavy atom. The second-order valence-corrected chi connectivity index (χ2v) is 15.1. The van der Waals surface area contributed by atoms with Crippen molar-refractivity contribution in [1.29, 1.82) is 0 Å². The molecule has 0 atom stereocenters. The van der Waals surface area contributed by atoms with E-state index in [4.69, 9.17) is 15.0 Å². The van der Waals surface area contributed by atoms with Gasteiger partial charge in [0.15, 0.2) is 11.5 Å². The lowest BCUT2D eigenvalue weighted by Gasteiger charge is -2.15. The van der Waals surface area contributed by atoms with E-state index in [1.807, 2.05) is 18.6 Å². The summed E-state index contributed by atoms with van der Waals surface area (Å²) in [6.45, 7) is 0. The van der Waals surface area contributed by atoms with Crippen LogP contribution in [0.15, 0.2) is 201 Å². The van der Waals surface area contributed by atoms with E-state index in [-0.39, 0.29) is 0 Å². The van der Waals surface area contributed by atoms with Gasteiger partial charge in [-0.15, -0.1) is 0 Å². The molecule has 0 radical (unpaired) electrons. The van der Waals surface area contributed by atoms with Crippen molar-refractivity contribution in [3.63, 3.8) is 0 Å². The second kappa shape index (κ2) is 13.3. The summed E-state index contributed by atoms with van der Waals surface area (Å²) in [7, 11) is 0. The van der Waals surface area contributed by atoms with E-state index < -0.39 is 0 Å². The van der Waals surface area contributed by atoms with Gasteiger partial charge in [-0.2, -0.15) is 0 Å². The van der Waals surface area contributed by atoms with Crippen molar-refractivity contribution in [3.8, 4) is 56.4 Å². The molecule has 3 heterocycles. The smallest absolute Gasteiger partial charge is 0.160 e. The van der Waals surface area contributed by atoms with Gasteiger partial charge in [0, 0.05) is 40.2 Å². The molecule has 0 unspecified atom stereocenters. The SMILES string of the molecule is c1ccc2cc(-c3nc4cnccn4c3-c3ccc(-c4nc(-c5cc6ccccc6c6ccccc56)cc(-c5cc6ccccc6c6ccccc56)n4)cc3)ccc2c1. The van der Waals surface area contributed by atoms with Crippen molar-refractivity contribution in [3.05, 3.63) is 201 Å². The maximum Gasteiger partial charge on any atom is 0.160 e. The van der Waals surface area contributed by atoms with Crippen molar-refractivity contribution >= 4 is 59.5 Å². The van der Waals surface area contributed by atoms with Crippen LogP contribution in [0.2, 0.25) is 0 Å². The highest BCUT2D eigenvalue weighted by atomic mass is 15.0. The lowest BCUT2D eigenvalue weighted by Crippen LogP contribution is -1.98. The summed E-state index contributed by atoms with van der Waals surface area (Å²) in [6, 6.07) is 64.8. The quantitative estimate of drug-likeness (QED) is 0.164. The first-order valence-electron chi connectivity index (χ1n) is 19.9. The number of nitrogens with zero attached hydrogens (tertiary/aromatic N) is 5. The summed E-state index contributed by atoms with van der Waals surface area (Å²) >= 11 is 0. The third kappa shape index (κ3) is 5.47. The lowest BCUT2D eigenvalue weighted by molar-refractivity contribution is 1.13. The average Bonchev–Trinajstić information content (AvgIpc) is 3.70. The summed E-state index contributed by atoms with van der Waals surface area (Å²) in [5.41, 5.74) is 9.62. The summed E-state index contributed by atoms with van der Waals surface area (Å²) in [4.78, 5) is 20.3. The van der Waals surface area contributed by atoms with Gasteiger partial charge in [-0.3, -0.25) is 9.38 Å². The molecule has 0 spiro atoms. The monoisotopic (exact) mass is 751 g/mol. The molecular weight excluding hydrogens is 719 g/mol. The minimum atomic E-state index is 0.663. The van der Waals surface area contributed by atoms with Gasteiger partial charge >= 0.3 is 0 Å². The first kappa shape index (κ1) is 33.2. The van der Waals surface area contributed by atoms with Crippen molar-refractivity contribution in [2.45, 2.75) is 0 Å². The molecule has 0 saturated carbocycles. The van der Waals surface area contributed by atoms with Crippen molar-refractivity contribution < 1.29 is 0 Å². The zero-order valence-electron chi connectivity index (χ0n) is 31.8. The Labute approximate surface area is 339 Å². The Bertz CT molecular complexity index is 3490. The minimum Gasteiger partial charge on any atom is -0.296 e. The fraction of sp³-hybridized carbons (Fsp3) is 0. The van der Waals surface area contributed by atoms with Gasteiger partial charge in [-0.05, 0) is 78.1 Å². The number of fused-ring (bicyclic) bond motifs is 8. The highest BCUT2D eigenvalue weighted by Crippen LogP contribution is 2.40. The van der Waals surface area contributed by atoms with E-state index in [9.17, 15) is 0 Å². The molecule has 0 bridgehead atoms. The molecular formula is C54H33N5. The first-order chi connectivity index (χ1) is 29.2. The molecule has 0 N–H and O–H groups in total. The van der Waals surface area contributed by atoms with Crippen LogP contribution in [0.5, 0.6) is 0 Å². The maximum absolute atomic E-state index is 5.40. The zero-order valence-corrected chi connectivity index (χ0v) is 31.8. The summed E-state index contributed by atoms with van der Waals surface area (Å²) in [6.07, 6.45) is 5.61. The van der Waals surface area contributed by atoms with Gasteiger partial charge in [-0.1, -0.05) is 158 Å². The maximum atomic E-state index is 5.40. The number of aromatic nitrogens is 5. The first-order valence-corrected chi connectivity index (χ1v) is 19.9. The molecule has 274 valence electrons. The molecule has 9 aromatic carbocycles. The average molecular weight is 752 g/mol. The fourth-order valence-corrected chi connectivity index (χ4v) is 8.88. The highest BCUT2D eigenvalue weighted by molar-refractivity contribution is 6.15. The minimum absolute atomic E-state index is 0.663. The lowest BCUT2D eigenvalue weighted by atomic mass is 9.93. The Morgan fingerprint density at radius 3 is 1.51 bits per heavy atom. The number of rotatable bonds is 5. The number of hydrogen-bond acceptors (Lipinski definition) is 4. The summed E-state index contributed by atoms with van der Waals surface area (Å²) < 4.78 is 2.12. The summed E-state index contributed by atoms with van der Waals surface area (Å²) in [5.74, 6) is 0.663. The topological polar surface area (TPSA) is 56.0 Å². The largest absolute Gasteiger partial charge is 0.296 e. The molecule has 5 nitrogen and oxygen atoms in total. The van der Waals surface area contributed by atoms with Crippen LogP contribution in [-0.4, -0.2) is 24.3 Å². The molecule has 0 fully saturated rings. The second-order valence-electron chi connectivity index (χ2n) is 15.1. The third-order valence-electron chi connectivity index (χ3n) is 11.7. The zero-order chi connectivity index (χ0) is 38.9. The van der Waals surface area contributed by atoms with Gasteiger partial charge < -0.3 is 0 Å². The molecule has 59 heavy (non-hydrogen) atoms. The van der Waals surface area contributed by atoms with E-state index in [0.717, 1.165) is 67.0 Å². The van der Waals surface area contributed by atoms with Crippen LogP contribution in [0.1, 0.15) is 0 Å². The van der Waals surface area contributed by atoms with Crippen molar-refractivity contribution in [2.75, 3.05) is 0 Å². The van der Waals surface area contributed by atoms with Crippen LogP contribution in [-0.2, 0) is 0 Å². The molecule has 12 aromatic rings. The van der Waals surface area contributed by atoms with Gasteiger partial charge in [0.05, 0.1) is 29.0 Å². The van der Waals surface area contributed by atoms with E-state index in [0.29, 0.717) is 5.82 Å². The van der Waals surface area contributed by atoms with E-state index >= 15 is 0 Å². The van der Waals surface area contributed by atoms with E-state index in [2.05, 4.69) is 191 Å². The molecule has 0 aliphatic carbocycles. The molecule has 0 amide bonds. The van der Waals surface area contributed by atoms with Gasteiger partial charge in [0.25, 0.3) is 0 Å². The van der Waals surface area contributed by atoms with Crippen molar-refractivity contribution in [1.82, 2.24) is 24.3 Å². The molecule has 12 rings (SSSR count). The Balaban J connectivity index is 1.07.